The number of nitrogens with zero attached hydrogens (tertiary/aromatic N) is 2. The minimum atomic E-state index is -0.182. The number of nitriles is 1. The predicted octanol–water partition coefficient (Wildman–Crippen LogP) is 7.31. The van der Waals surface area contributed by atoms with Crippen LogP contribution in [0.1, 0.15) is 16.7 Å². The van der Waals surface area contributed by atoms with Gasteiger partial charge in [-0.3, -0.25) is 4.79 Å². The van der Waals surface area contributed by atoms with Gasteiger partial charge in [0.15, 0.2) is 11.5 Å². The summed E-state index contributed by atoms with van der Waals surface area (Å²) in [6, 6.07) is 22.9. The van der Waals surface area contributed by atoms with E-state index in [-0.39, 0.29) is 11.7 Å². The number of pyridine rings is 1. The second kappa shape index (κ2) is 12.0. The molecule has 6 nitrogen and oxygen atoms in total. The second-order valence-electron chi connectivity index (χ2n) is 8.58. The number of benzene rings is 3. The fraction of sp³-hybridized carbons (Fsp3) is 0.167. The standard InChI is InChI=1S/C30H26ClN3O3S/c1-18-5-6-19(2)25(13-18)33-29(35)17-38-30-24(16-32)23(21-9-12-27(36-3)28(14-21)37-4)15-26(34-30)20-7-10-22(31)11-8-20/h5-15H,17H2,1-4H3,(H,33,35). The average molecular weight is 544 g/mol. The molecule has 0 atom stereocenters. The van der Waals surface area contributed by atoms with Crippen LogP contribution in [0.4, 0.5) is 5.69 Å². The Morgan fingerprint density at radius 1 is 0.974 bits per heavy atom. The number of ether oxygens (including phenoxy) is 2. The van der Waals surface area contributed by atoms with Gasteiger partial charge in [0.1, 0.15) is 11.1 Å². The highest BCUT2D eigenvalue weighted by Crippen LogP contribution is 2.38. The van der Waals surface area contributed by atoms with Gasteiger partial charge >= 0.3 is 0 Å². The topological polar surface area (TPSA) is 84.2 Å². The highest BCUT2D eigenvalue weighted by atomic mass is 35.5. The molecular weight excluding hydrogens is 518 g/mol. The fourth-order valence-electron chi connectivity index (χ4n) is 3.92. The maximum atomic E-state index is 12.9. The molecule has 0 spiro atoms. The Morgan fingerprint density at radius 2 is 1.68 bits per heavy atom. The largest absolute Gasteiger partial charge is 0.493 e. The maximum absolute atomic E-state index is 12.9. The van der Waals surface area contributed by atoms with Crippen molar-refractivity contribution in [2.75, 3.05) is 25.3 Å². The van der Waals surface area contributed by atoms with E-state index >= 15 is 0 Å². The number of aromatic nitrogens is 1. The minimum absolute atomic E-state index is 0.0878. The first kappa shape index (κ1) is 27.1. The van der Waals surface area contributed by atoms with E-state index in [1.54, 1.807) is 32.4 Å². The van der Waals surface area contributed by atoms with Crippen molar-refractivity contribution in [2.24, 2.45) is 0 Å². The smallest absolute Gasteiger partial charge is 0.234 e. The van der Waals surface area contributed by atoms with Gasteiger partial charge in [-0.15, -0.1) is 0 Å². The van der Waals surface area contributed by atoms with Crippen LogP contribution < -0.4 is 14.8 Å². The van der Waals surface area contributed by atoms with Crippen molar-refractivity contribution in [3.63, 3.8) is 0 Å². The summed E-state index contributed by atoms with van der Waals surface area (Å²) in [4.78, 5) is 17.6. The van der Waals surface area contributed by atoms with Gasteiger partial charge in [-0.1, -0.05) is 53.7 Å². The van der Waals surface area contributed by atoms with Crippen molar-refractivity contribution in [3.8, 4) is 40.0 Å². The predicted molar refractivity (Wildman–Crippen MR) is 153 cm³/mol. The molecule has 0 saturated carbocycles. The van der Waals surface area contributed by atoms with E-state index in [1.165, 1.54) is 11.8 Å². The molecule has 0 bridgehead atoms. The number of nitrogens with one attached hydrogen (secondary N) is 1. The first-order valence-corrected chi connectivity index (χ1v) is 13.1. The van der Waals surface area contributed by atoms with Gasteiger partial charge in [0, 0.05) is 21.8 Å². The van der Waals surface area contributed by atoms with E-state index in [1.807, 2.05) is 62.4 Å². The van der Waals surface area contributed by atoms with Crippen molar-refractivity contribution < 1.29 is 14.3 Å². The Bertz CT molecular complexity index is 1530. The number of rotatable bonds is 8. The molecular formula is C30H26ClN3O3S. The molecule has 0 unspecified atom stereocenters. The van der Waals surface area contributed by atoms with Crippen molar-refractivity contribution in [1.29, 1.82) is 5.26 Å². The van der Waals surface area contributed by atoms with Crippen LogP contribution >= 0.6 is 23.4 Å². The van der Waals surface area contributed by atoms with Gasteiger partial charge in [0.2, 0.25) is 5.91 Å². The van der Waals surface area contributed by atoms with Crippen LogP contribution in [0.5, 0.6) is 11.5 Å². The van der Waals surface area contributed by atoms with Crippen LogP contribution in [0.2, 0.25) is 5.02 Å². The van der Waals surface area contributed by atoms with Crippen LogP contribution in [0.15, 0.2) is 71.8 Å². The Hall–Kier alpha value is -3.99. The van der Waals surface area contributed by atoms with Gasteiger partial charge < -0.3 is 14.8 Å². The fourth-order valence-corrected chi connectivity index (χ4v) is 4.85. The Balaban J connectivity index is 1.74. The van der Waals surface area contributed by atoms with E-state index in [0.29, 0.717) is 38.4 Å². The third kappa shape index (κ3) is 6.10. The Kier molecular flexibility index (Phi) is 8.57. The first-order valence-electron chi connectivity index (χ1n) is 11.8. The Morgan fingerprint density at radius 3 is 2.37 bits per heavy atom. The van der Waals surface area contributed by atoms with E-state index in [9.17, 15) is 10.1 Å². The highest BCUT2D eigenvalue weighted by Gasteiger charge is 2.19. The zero-order valence-corrected chi connectivity index (χ0v) is 23.0. The molecule has 0 aliphatic rings. The molecule has 3 aromatic carbocycles. The lowest BCUT2D eigenvalue weighted by Gasteiger charge is -2.15. The van der Waals surface area contributed by atoms with E-state index < -0.39 is 0 Å². The van der Waals surface area contributed by atoms with Crippen LogP contribution in [-0.2, 0) is 4.79 Å². The molecule has 0 aliphatic carbocycles. The molecule has 38 heavy (non-hydrogen) atoms. The van der Waals surface area contributed by atoms with Crippen LogP contribution in [-0.4, -0.2) is 30.9 Å². The monoisotopic (exact) mass is 543 g/mol. The van der Waals surface area contributed by atoms with Crippen molar-refractivity contribution in [3.05, 3.63) is 88.4 Å². The van der Waals surface area contributed by atoms with E-state index in [2.05, 4.69) is 11.4 Å². The zero-order chi connectivity index (χ0) is 27.2. The molecule has 1 aromatic heterocycles. The number of halogens is 1. The summed E-state index contributed by atoms with van der Waals surface area (Å²) >= 11 is 7.32. The third-order valence-corrected chi connectivity index (χ3v) is 7.17. The SMILES string of the molecule is COc1ccc(-c2cc(-c3ccc(Cl)cc3)nc(SCC(=O)Nc3cc(C)ccc3C)c2C#N)cc1OC. The molecule has 0 aliphatic heterocycles. The number of hydrogen-bond acceptors (Lipinski definition) is 6. The lowest BCUT2D eigenvalue weighted by molar-refractivity contribution is -0.113. The van der Waals surface area contributed by atoms with Crippen molar-refractivity contribution >= 4 is 35.0 Å². The molecule has 0 fully saturated rings. The van der Waals surface area contributed by atoms with Gasteiger partial charge in [0.05, 0.1) is 31.2 Å². The van der Waals surface area contributed by atoms with Crippen LogP contribution in [0.25, 0.3) is 22.4 Å². The van der Waals surface area contributed by atoms with Crippen LogP contribution in [0, 0.1) is 25.2 Å². The number of methoxy groups -OCH3 is 2. The van der Waals surface area contributed by atoms with Gasteiger partial charge in [-0.2, -0.15) is 5.26 Å². The summed E-state index contributed by atoms with van der Waals surface area (Å²) in [5.74, 6) is 1.03. The third-order valence-electron chi connectivity index (χ3n) is 5.94. The normalized spacial score (nSPS) is 10.5. The maximum Gasteiger partial charge on any atom is 0.234 e. The molecule has 1 heterocycles. The number of hydrogen-bond donors (Lipinski definition) is 1. The summed E-state index contributed by atoms with van der Waals surface area (Å²) in [7, 11) is 3.13. The van der Waals surface area contributed by atoms with Crippen molar-refractivity contribution in [2.45, 2.75) is 18.9 Å². The number of carbonyl (C=O) groups is 1. The van der Waals surface area contributed by atoms with Gasteiger partial charge in [-0.25, -0.2) is 4.98 Å². The molecule has 0 saturated heterocycles. The molecule has 4 rings (SSSR count). The van der Waals surface area contributed by atoms with Crippen LogP contribution in [0.3, 0.4) is 0 Å². The number of amides is 1. The van der Waals surface area contributed by atoms with Gasteiger partial charge in [0.25, 0.3) is 0 Å². The quantitative estimate of drug-likeness (QED) is 0.235. The summed E-state index contributed by atoms with van der Waals surface area (Å²) in [5.41, 5.74) is 6.10. The number of anilines is 1. The average Bonchev–Trinajstić information content (AvgIpc) is 2.93. The molecule has 4 aromatic rings. The number of thioether (sulfide) groups is 1. The molecule has 0 radical (unpaired) electrons. The number of aryl methyl sites for hydroxylation is 2. The first-order chi connectivity index (χ1) is 18.3. The summed E-state index contributed by atoms with van der Waals surface area (Å²) < 4.78 is 10.9. The number of carbonyl (C=O) groups excluding carboxylic acids is 1. The van der Waals surface area contributed by atoms with E-state index in [4.69, 9.17) is 26.1 Å². The van der Waals surface area contributed by atoms with E-state index in [0.717, 1.165) is 27.9 Å². The summed E-state index contributed by atoms with van der Waals surface area (Å²) in [5, 5.41) is 14.2. The van der Waals surface area contributed by atoms with Gasteiger partial charge in [-0.05, 0) is 66.9 Å². The molecule has 192 valence electrons. The van der Waals surface area contributed by atoms with Crippen molar-refractivity contribution in [1.82, 2.24) is 4.98 Å². The summed E-state index contributed by atoms with van der Waals surface area (Å²) in [6.45, 7) is 3.92. The highest BCUT2D eigenvalue weighted by molar-refractivity contribution is 8.00. The second-order valence-corrected chi connectivity index (χ2v) is 9.98. The minimum Gasteiger partial charge on any atom is -0.493 e. The molecule has 1 N–H and O–H groups in total. The lowest BCUT2D eigenvalue weighted by atomic mass is 9.99. The summed E-state index contributed by atoms with van der Waals surface area (Å²) in [6.07, 6.45) is 0. The zero-order valence-electron chi connectivity index (χ0n) is 21.5. The lowest BCUT2D eigenvalue weighted by Crippen LogP contribution is -2.15. The Labute approximate surface area is 231 Å². The molecule has 8 heteroatoms. The molecule has 1 amide bonds.